The van der Waals surface area contributed by atoms with E-state index in [2.05, 4.69) is 67.9 Å². The highest BCUT2D eigenvalue weighted by Crippen LogP contribution is 2.28. The van der Waals surface area contributed by atoms with Crippen LogP contribution >= 0.6 is 15.9 Å². The third-order valence-electron chi connectivity index (χ3n) is 2.71. The normalized spacial score (nSPS) is 12.1. The zero-order chi connectivity index (χ0) is 11.5. The Labute approximate surface area is 102 Å². The summed E-state index contributed by atoms with van der Waals surface area (Å²) < 4.78 is 0. The van der Waals surface area contributed by atoms with E-state index in [0.717, 1.165) is 11.8 Å². The molecule has 1 heteroatoms. The number of hydrogen-bond donors (Lipinski definition) is 0. The molecule has 0 bridgehead atoms. The lowest BCUT2D eigenvalue weighted by atomic mass is 9.84. The number of rotatable bonds is 4. The molecular weight excluding hydrogens is 248 g/mol. The van der Waals surface area contributed by atoms with Crippen LogP contribution in [0.5, 0.6) is 0 Å². The first kappa shape index (κ1) is 12.8. The Morgan fingerprint density at radius 3 is 2.33 bits per heavy atom. The van der Waals surface area contributed by atoms with Crippen molar-refractivity contribution in [1.29, 1.82) is 0 Å². The van der Waals surface area contributed by atoms with Gasteiger partial charge in [0.15, 0.2) is 0 Å². The van der Waals surface area contributed by atoms with E-state index in [1.54, 1.807) is 0 Å². The zero-order valence-electron chi connectivity index (χ0n) is 10.2. The minimum atomic E-state index is 0.338. The van der Waals surface area contributed by atoms with Gasteiger partial charge in [0.05, 0.1) is 0 Å². The maximum absolute atomic E-state index is 3.59. The van der Waals surface area contributed by atoms with Gasteiger partial charge in [0.2, 0.25) is 0 Å². The molecule has 0 aliphatic rings. The second-order valence-corrected chi connectivity index (χ2v) is 5.89. The summed E-state index contributed by atoms with van der Waals surface area (Å²) in [7, 11) is 0. The Balaban J connectivity index is 2.94. The topological polar surface area (TPSA) is 0 Å². The molecule has 0 aliphatic carbocycles. The molecule has 0 heterocycles. The molecule has 84 valence electrons. The van der Waals surface area contributed by atoms with E-state index < -0.39 is 0 Å². The smallest absolute Gasteiger partial charge is 0.00858 e. The van der Waals surface area contributed by atoms with E-state index in [1.165, 1.54) is 11.1 Å². The van der Waals surface area contributed by atoms with Gasteiger partial charge >= 0.3 is 0 Å². The van der Waals surface area contributed by atoms with Crippen LogP contribution in [0.2, 0.25) is 0 Å². The summed E-state index contributed by atoms with van der Waals surface area (Å²) in [5, 5.41) is 1.05. The van der Waals surface area contributed by atoms with Crippen LogP contribution in [-0.2, 0) is 6.42 Å². The van der Waals surface area contributed by atoms with Crippen LogP contribution in [0.3, 0.4) is 0 Å². The molecule has 0 radical (unpaired) electrons. The van der Waals surface area contributed by atoms with Crippen LogP contribution in [0.1, 0.15) is 44.7 Å². The molecule has 15 heavy (non-hydrogen) atoms. The molecule has 0 aromatic heterocycles. The van der Waals surface area contributed by atoms with Gasteiger partial charge in [0, 0.05) is 5.33 Å². The highest BCUT2D eigenvalue weighted by molar-refractivity contribution is 9.09. The molecular formula is C14H21Br. The lowest BCUT2D eigenvalue weighted by Gasteiger charge is -2.24. The van der Waals surface area contributed by atoms with Crippen LogP contribution in [0.25, 0.3) is 0 Å². The number of halogens is 1. The van der Waals surface area contributed by atoms with Crippen LogP contribution < -0.4 is 0 Å². The van der Waals surface area contributed by atoms with Crippen LogP contribution in [-0.4, -0.2) is 5.33 Å². The monoisotopic (exact) mass is 268 g/mol. The zero-order valence-corrected chi connectivity index (χ0v) is 11.8. The van der Waals surface area contributed by atoms with Crippen molar-refractivity contribution in [3.8, 4) is 0 Å². The predicted octanol–water partition coefficient (Wildman–Crippen LogP) is 4.77. The maximum Gasteiger partial charge on any atom is 0.00858 e. The van der Waals surface area contributed by atoms with Crippen LogP contribution in [0, 0.1) is 5.41 Å². The minimum absolute atomic E-state index is 0.338. The Morgan fingerprint density at radius 2 is 1.80 bits per heavy atom. The first-order valence-electron chi connectivity index (χ1n) is 5.60. The summed E-state index contributed by atoms with van der Waals surface area (Å²) in [4.78, 5) is 0. The second-order valence-electron chi connectivity index (χ2n) is 5.33. The molecule has 1 aromatic rings. The Morgan fingerprint density at radius 1 is 1.20 bits per heavy atom. The third-order valence-corrected chi connectivity index (χ3v) is 4.23. The summed E-state index contributed by atoms with van der Waals surface area (Å²) in [5.41, 5.74) is 3.33. The molecule has 0 unspecified atom stereocenters. The van der Waals surface area contributed by atoms with Crippen molar-refractivity contribution in [2.75, 3.05) is 5.33 Å². The molecule has 0 nitrogen and oxygen atoms in total. The fourth-order valence-electron chi connectivity index (χ4n) is 1.82. The van der Waals surface area contributed by atoms with Gasteiger partial charge in [-0.25, -0.2) is 0 Å². The highest BCUT2D eigenvalue weighted by Gasteiger charge is 2.18. The quantitative estimate of drug-likeness (QED) is 0.690. The standard InChI is InChI=1S/C14H21Br/c1-11(2)13-8-6-5-7-12(13)9-14(3,4)10-15/h5-8,11H,9-10H2,1-4H3. The average molecular weight is 269 g/mol. The first-order chi connectivity index (χ1) is 6.96. The van der Waals surface area contributed by atoms with Gasteiger partial charge in [0.1, 0.15) is 0 Å². The second kappa shape index (κ2) is 5.16. The van der Waals surface area contributed by atoms with Crippen molar-refractivity contribution >= 4 is 15.9 Å². The number of alkyl halides is 1. The molecule has 1 rings (SSSR count). The lowest BCUT2D eigenvalue weighted by molar-refractivity contribution is 0.422. The van der Waals surface area contributed by atoms with Gasteiger partial charge in [-0.15, -0.1) is 0 Å². The van der Waals surface area contributed by atoms with E-state index in [4.69, 9.17) is 0 Å². The largest absolute Gasteiger partial charge is 0.0922 e. The van der Waals surface area contributed by atoms with Crippen molar-refractivity contribution in [1.82, 2.24) is 0 Å². The molecule has 0 spiro atoms. The molecule has 0 atom stereocenters. The van der Waals surface area contributed by atoms with Crippen molar-refractivity contribution < 1.29 is 0 Å². The van der Waals surface area contributed by atoms with Crippen molar-refractivity contribution in [3.05, 3.63) is 35.4 Å². The molecule has 0 fully saturated rings. The van der Waals surface area contributed by atoms with Gasteiger partial charge < -0.3 is 0 Å². The van der Waals surface area contributed by atoms with Crippen molar-refractivity contribution in [2.45, 2.75) is 40.0 Å². The molecule has 0 N–H and O–H groups in total. The molecule has 0 amide bonds. The summed E-state index contributed by atoms with van der Waals surface area (Å²) in [6, 6.07) is 8.80. The van der Waals surface area contributed by atoms with Gasteiger partial charge in [-0.05, 0) is 28.9 Å². The van der Waals surface area contributed by atoms with E-state index in [0.29, 0.717) is 11.3 Å². The van der Waals surface area contributed by atoms with Gasteiger partial charge in [-0.2, -0.15) is 0 Å². The van der Waals surface area contributed by atoms with E-state index >= 15 is 0 Å². The average Bonchev–Trinajstić information content (AvgIpc) is 2.18. The Kier molecular flexibility index (Phi) is 4.39. The summed E-state index contributed by atoms with van der Waals surface area (Å²) in [6.07, 6.45) is 1.15. The molecule has 0 saturated heterocycles. The summed E-state index contributed by atoms with van der Waals surface area (Å²) in [6.45, 7) is 9.14. The molecule has 0 saturated carbocycles. The highest BCUT2D eigenvalue weighted by atomic mass is 79.9. The van der Waals surface area contributed by atoms with Crippen molar-refractivity contribution in [2.24, 2.45) is 5.41 Å². The Hall–Kier alpha value is -0.300. The fourth-order valence-corrected chi connectivity index (χ4v) is 2.02. The maximum atomic E-state index is 3.59. The molecule has 1 aromatic carbocycles. The van der Waals surface area contributed by atoms with Gasteiger partial charge in [-0.3, -0.25) is 0 Å². The van der Waals surface area contributed by atoms with E-state index in [1.807, 2.05) is 0 Å². The van der Waals surface area contributed by atoms with Crippen LogP contribution in [0.4, 0.5) is 0 Å². The third kappa shape index (κ3) is 3.64. The fraction of sp³-hybridized carbons (Fsp3) is 0.571. The number of hydrogen-bond acceptors (Lipinski definition) is 0. The van der Waals surface area contributed by atoms with E-state index in [-0.39, 0.29) is 0 Å². The van der Waals surface area contributed by atoms with Crippen LogP contribution in [0.15, 0.2) is 24.3 Å². The summed E-state index contributed by atoms with van der Waals surface area (Å²) >= 11 is 3.59. The van der Waals surface area contributed by atoms with Gasteiger partial charge in [-0.1, -0.05) is 67.9 Å². The van der Waals surface area contributed by atoms with Crippen molar-refractivity contribution in [3.63, 3.8) is 0 Å². The lowest BCUT2D eigenvalue weighted by Crippen LogP contribution is -2.17. The SMILES string of the molecule is CC(C)c1ccccc1CC(C)(C)CBr. The first-order valence-corrected chi connectivity index (χ1v) is 6.72. The summed E-state index contributed by atoms with van der Waals surface area (Å²) in [5.74, 6) is 0.618. The Bertz CT molecular complexity index is 313. The van der Waals surface area contributed by atoms with Gasteiger partial charge in [0.25, 0.3) is 0 Å². The minimum Gasteiger partial charge on any atom is -0.0922 e. The molecule has 0 aliphatic heterocycles. The number of benzene rings is 1. The van der Waals surface area contributed by atoms with E-state index in [9.17, 15) is 0 Å². The predicted molar refractivity (Wildman–Crippen MR) is 71.8 cm³/mol.